The van der Waals surface area contributed by atoms with E-state index >= 15 is 0 Å². The molecule has 0 aromatic heterocycles. The van der Waals surface area contributed by atoms with E-state index in [1.54, 1.807) is 0 Å². The van der Waals surface area contributed by atoms with Gasteiger partial charge in [-0.3, -0.25) is 9.05 Å². The van der Waals surface area contributed by atoms with Crippen molar-refractivity contribution in [3.05, 3.63) is 12.2 Å². The van der Waals surface area contributed by atoms with Crippen molar-refractivity contribution in [3.8, 4) is 0 Å². The van der Waals surface area contributed by atoms with Crippen LogP contribution in [0.1, 0.15) is 148 Å². The van der Waals surface area contributed by atoms with E-state index in [1.165, 1.54) is 109 Å². The van der Waals surface area contributed by atoms with Crippen molar-refractivity contribution in [2.45, 2.75) is 148 Å². The van der Waals surface area contributed by atoms with Gasteiger partial charge in [-0.05, 0) is 51.4 Å². The number of nitrogens with zero attached hydrogens (tertiary/aromatic N) is 1. The highest BCUT2D eigenvalue weighted by atomic mass is 31.2. The lowest BCUT2D eigenvalue weighted by Crippen LogP contribution is -2.35. The lowest BCUT2D eigenvalue weighted by Gasteiger charge is -2.23. The normalized spacial score (nSPS) is 14.0. The van der Waals surface area contributed by atoms with Gasteiger partial charge in [0.05, 0.1) is 40.9 Å². The van der Waals surface area contributed by atoms with E-state index in [2.05, 4.69) is 40.2 Å². The van der Waals surface area contributed by atoms with Gasteiger partial charge in [0.15, 0.2) is 0 Å². The fraction of sp³-hybridized carbons (Fsp3) is 0.935. The number of allylic oxidation sites excluding steroid dienone is 2. The fourth-order valence-corrected chi connectivity index (χ4v) is 5.29. The Labute approximate surface area is 232 Å². The number of unbranched alkanes of at least 4 members (excludes halogenated alkanes) is 19. The Kier molecular flexibility index (Phi) is 25.9. The highest BCUT2D eigenvalue weighted by Crippen LogP contribution is 2.43. The van der Waals surface area contributed by atoms with E-state index in [4.69, 9.17) is 9.05 Å². The minimum Gasteiger partial charge on any atom is -0.331 e. The third kappa shape index (κ3) is 31.9. The summed E-state index contributed by atoms with van der Waals surface area (Å²) < 4.78 is 23.1. The SMILES string of the molecule is CCCCCCCCC=CCCCCCCCCCCCCOP(=O)(O)OCCCCCC[N+](C)(C)C. The number of quaternary nitrogens is 1. The van der Waals surface area contributed by atoms with Gasteiger partial charge < -0.3 is 9.38 Å². The fourth-order valence-electron chi connectivity index (χ4n) is 4.50. The van der Waals surface area contributed by atoms with Crippen molar-refractivity contribution in [1.82, 2.24) is 0 Å². The molecular weight excluding hydrogens is 481 g/mol. The molecule has 0 radical (unpaired) electrons. The van der Waals surface area contributed by atoms with Crippen molar-refractivity contribution in [2.75, 3.05) is 40.9 Å². The quantitative estimate of drug-likeness (QED) is 0.0439. The molecule has 1 unspecified atom stereocenters. The van der Waals surface area contributed by atoms with Gasteiger partial charge in [-0.15, -0.1) is 0 Å². The summed E-state index contributed by atoms with van der Waals surface area (Å²) in [4.78, 5) is 9.79. The Morgan fingerprint density at radius 2 is 0.919 bits per heavy atom. The van der Waals surface area contributed by atoms with Crippen LogP contribution in [0.5, 0.6) is 0 Å². The molecule has 1 atom stereocenters. The zero-order chi connectivity index (χ0) is 27.5. The van der Waals surface area contributed by atoms with Crippen LogP contribution in [0.2, 0.25) is 0 Å². The second-order valence-electron chi connectivity index (χ2n) is 11.9. The highest BCUT2D eigenvalue weighted by molar-refractivity contribution is 7.47. The number of hydrogen-bond donors (Lipinski definition) is 1. The van der Waals surface area contributed by atoms with Crippen LogP contribution in [0.3, 0.4) is 0 Å². The van der Waals surface area contributed by atoms with E-state index in [-0.39, 0.29) is 0 Å². The maximum Gasteiger partial charge on any atom is 0.472 e. The van der Waals surface area contributed by atoms with Crippen LogP contribution in [0.15, 0.2) is 12.2 Å². The molecular formula is C31H65NO4P+. The van der Waals surface area contributed by atoms with Gasteiger partial charge in [0.1, 0.15) is 0 Å². The molecule has 0 spiro atoms. The van der Waals surface area contributed by atoms with Crippen LogP contribution in [0, 0.1) is 0 Å². The average molecular weight is 547 g/mol. The summed E-state index contributed by atoms with van der Waals surface area (Å²) in [5.74, 6) is 0. The number of hydrogen-bond acceptors (Lipinski definition) is 3. The first-order valence-electron chi connectivity index (χ1n) is 15.8. The molecule has 0 aromatic carbocycles. The lowest BCUT2D eigenvalue weighted by atomic mass is 10.1. The zero-order valence-corrected chi connectivity index (χ0v) is 26.3. The Bertz CT molecular complexity index is 548. The van der Waals surface area contributed by atoms with Crippen LogP contribution in [0.4, 0.5) is 0 Å². The van der Waals surface area contributed by atoms with E-state index < -0.39 is 7.82 Å². The van der Waals surface area contributed by atoms with Gasteiger partial charge >= 0.3 is 7.82 Å². The van der Waals surface area contributed by atoms with Crippen LogP contribution in [-0.4, -0.2) is 50.3 Å². The monoisotopic (exact) mass is 546 g/mol. The smallest absolute Gasteiger partial charge is 0.331 e. The van der Waals surface area contributed by atoms with Gasteiger partial charge in [0.2, 0.25) is 0 Å². The first kappa shape index (κ1) is 36.8. The molecule has 0 aliphatic rings. The number of rotatable bonds is 29. The molecule has 0 heterocycles. The van der Waals surface area contributed by atoms with Gasteiger partial charge in [0.25, 0.3) is 0 Å². The minimum absolute atomic E-state index is 0.300. The molecule has 0 saturated carbocycles. The van der Waals surface area contributed by atoms with Gasteiger partial charge in [-0.25, -0.2) is 4.57 Å². The largest absolute Gasteiger partial charge is 0.472 e. The molecule has 0 bridgehead atoms. The highest BCUT2D eigenvalue weighted by Gasteiger charge is 2.20. The van der Waals surface area contributed by atoms with Crippen molar-refractivity contribution >= 4 is 7.82 Å². The summed E-state index contributed by atoms with van der Waals surface area (Å²) in [6, 6.07) is 0. The lowest BCUT2D eigenvalue weighted by molar-refractivity contribution is -0.870. The summed E-state index contributed by atoms with van der Waals surface area (Å²) in [5.41, 5.74) is 0. The van der Waals surface area contributed by atoms with Crippen LogP contribution >= 0.6 is 7.82 Å². The number of phosphoric ester groups is 1. The topological polar surface area (TPSA) is 55.8 Å². The molecule has 0 amide bonds. The third-order valence-corrected chi connectivity index (χ3v) is 7.91. The Balaban J connectivity index is 3.32. The van der Waals surface area contributed by atoms with E-state index in [1.807, 2.05) is 0 Å². The Morgan fingerprint density at radius 1 is 0.568 bits per heavy atom. The van der Waals surface area contributed by atoms with E-state index in [9.17, 15) is 9.46 Å². The summed E-state index contributed by atoms with van der Waals surface area (Å²) in [6.07, 6.45) is 32.1. The van der Waals surface area contributed by atoms with E-state index in [0.29, 0.717) is 13.2 Å². The van der Waals surface area contributed by atoms with Gasteiger partial charge in [0, 0.05) is 0 Å². The van der Waals surface area contributed by atoms with Gasteiger partial charge in [-0.1, -0.05) is 109 Å². The van der Waals surface area contributed by atoms with Crippen molar-refractivity contribution < 1.29 is 23.0 Å². The molecule has 0 rings (SSSR count). The molecule has 0 aromatic rings. The molecule has 0 saturated heterocycles. The Hall–Kier alpha value is -0.190. The average Bonchev–Trinajstić information content (AvgIpc) is 2.83. The third-order valence-electron chi connectivity index (χ3n) is 6.89. The van der Waals surface area contributed by atoms with E-state index in [0.717, 1.165) is 43.1 Å². The predicted molar refractivity (Wildman–Crippen MR) is 161 cm³/mol. The molecule has 0 aliphatic heterocycles. The summed E-state index contributed by atoms with van der Waals surface area (Å²) in [7, 11) is 2.71. The van der Waals surface area contributed by atoms with Crippen molar-refractivity contribution in [1.29, 1.82) is 0 Å². The maximum atomic E-state index is 11.9. The molecule has 6 heteroatoms. The van der Waals surface area contributed by atoms with Gasteiger partial charge in [-0.2, -0.15) is 0 Å². The maximum absolute atomic E-state index is 11.9. The van der Waals surface area contributed by atoms with Crippen LogP contribution < -0.4 is 0 Å². The standard InChI is InChI=1S/C31H64NO4P/c1-5-6-7-8-9-10-11-12-13-14-15-16-17-18-19-20-21-22-24-27-30-35-37(33,34)36-31-28-25-23-26-29-32(2,3)4/h12-13H,5-11,14-31H2,1-4H3/p+1. The summed E-state index contributed by atoms with van der Waals surface area (Å²) >= 11 is 0. The first-order valence-corrected chi connectivity index (χ1v) is 17.3. The molecule has 37 heavy (non-hydrogen) atoms. The Morgan fingerprint density at radius 3 is 1.32 bits per heavy atom. The van der Waals surface area contributed by atoms with Crippen molar-refractivity contribution in [3.63, 3.8) is 0 Å². The first-order chi connectivity index (χ1) is 17.8. The molecule has 5 nitrogen and oxygen atoms in total. The molecule has 222 valence electrons. The predicted octanol–water partition coefficient (Wildman–Crippen LogP) is 9.98. The zero-order valence-electron chi connectivity index (χ0n) is 25.4. The van der Waals surface area contributed by atoms with Crippen molar-refractivity contribution in [2.24, 2.45) is 0 Å². The number of phosphoric acid groups is 1. The minimum atomic E-state index is -3.88. The molecule has 0 aliphatic carbocycles. The summed E-state index contributed by atoms with van der Waals surface area (Å²) in [5, 5.41) is 0. The van der Waals surface area contributed by atoms with Crippen LogP contribution in [-0.2, 0) is 13.6 Å². The second kappa shape index (κ2) is 26.1. The second-order valence-corrected chi connectivity index (χ2v) is 13.4. The molecule has 1 N–H and O–H groups in total. The van der Waals surface area contributed by atoms with Crippen LogP contribution in [0.25, 0.3) is 0 Å². The summed E-state index contributed by atoms with van der Waals surface area (Å²) in [6.45, 7) is 4.04. The molecule has 0 fully saturated rings.